The fourth-order valence-electron chi connectivity index (χ4n) is 3.46. The summed E-state index contributed by atoms with van der Waals surface area (Å²) in [5.74, 6) is 1.14. The SMILES string of the molecule is COc1ccc(CNC(=O)C2CCN(Cc3ccccc3C)CC2)cc1. The molecule has 4 nitrogen and oxygen atoms in total. The lowest BCUT2D eigenvalue weighted by molar-refractivity contribution is -0.126. The quantitative estimate of drug-likeness (QED) is 0.865. The van der Waals surface area contributed by atoms with Gasteiger partial charge in [0, 0.05) is 19.0 Å². The average molecular weight is 352 g/mol. The van der Waals surface area contributed by atoms with Gasteiger partial charge in [-0.3, -0.25) is 9.69 Å². The van der Waals surface area contributed by atoms with Crippen molar-refractivity contribution in [3.05, 3.63) is 65.2 Å². The third-order valence-electron chi connectivity index (χ3n) is 5.24. The monoisotopic (exact) mass is 352 g/mol. The molecule has 1 N–H and O–H groups in total. The number of benzene rings is 2. The maximum Gasteiger partial charge on any atom is 0.223 e. The Morgan fingerprint density at radius 1 is 1.12 bits per heavy atom. The first-order valence-corrected chi connectivity index (χ1v) is 9.33. The molecule has 0 radical (unpaired) electrons. The van der Waals surface area contributed by atoms with Crippen LogP contribution in [0.15, 0.2) is 48.5 Å². The number of carbonyl (C=O) groups is 1. The lowest BCUT2D eigenvalue weighted by Gasteiger charge is -2.31. The van der Waals surface area contributed by atoms with Gasteiger partial charge in [0.15, 0.2) is 0 Å². The van der Waals surface area contributed by atoms with Gasteiger partial charge in [-0.1, -0.05) is 36.4 Å². The van der Waals surface area contributed by atoms with Gasteiger partial charge >= 0.3 is 0 Å². The lowest BCUT2D eigenvalue weighted by atomic mass is 9.95. The molecule has 138 valence electrons. The largest absolute Gasteiger partial charge is 0.497 e. The second-order valence-electron chi connectivity index (χ2n) is 7.04. The van der Waals surface area contributed by atoms with Crippen molar-refractivity contribution >= 4 is 5.91 Å². The standard InChI is InChI=1S/C22H28N2O2/c1-17-5-3-4-6-20(17)16-24-13-11-19(12-14-24)22(25)23-15-18-7-9-21(26-2)10-8-18/h3-10,19H,11-16H2,1-2H3,(H,23,25). The summed E-state index contributed by atoms with van der Waals surface area (Å²) in [7, 11) is 1.66. The van der Waals surface area contributed by atoms with E-state index in [9.17, 15) is 4.79 Å². The van der Waals surface area contributed by atoms with E-state index in [2.05, 4.69) is 41.4 Å². The molecule has 1 aliphatic heterocycles. The molecule has 26 heavy (non-hydrogen) atoms. The van der Waals surface area contributed by atoms with Crippen LogP contribution in [0, 0.1) is 12.8 Å². The number of aryl methyl sites for hydroxylation is 1. The van der Waals surface area contributed by atoms with Gasteiger partial charge in [0.25, 0.3) is 0 Å². The van der Waals surface area contributed by atoms with Crippen LogP contribution in [0.2, 0.25) is 0 Å². The first kappa shape index (κ1) is 18.5. The first-order valence-electron chi connectivity index (χ1n) is 9.33. The second-order valence-corrected chi connectivity index (χ2v) is 7.04. The molecular formula is C22H28N2O2. The third-order valence-corrected chi connectivity index (χ3v) is 5.24. The fraction of sp³-hybridized carbons (Fsp3) is 0.409. The molecule has 0 unspecified atom stereocenters. The van der Waals surface area contributed by atoms with Gasteiger partial charge in [-0.05, 0) is 61.7 Å². The van der Waals surface area contributed by atoms with Crippen LogP contribution in [0.3, 0.4) is 0 Å². The van der Waals surface area contributed by atoms with Crippen LogP contribution in [0.25, 0.3) is 0 Å². The highest BCUT2D eigenvalue weighted by Gasteiger charge is 2.24. The lowest BCUT2D eigenvalue weighted by Crippen LogP contribution is -2.40. The molecule has 1 heterocycles. The number of piperidine rings is 1. The maximum absolute atomic E-state index is 12.5. The predicted octanol–water partition coefficient (Wildman–Crippen LogP) is 3.53. The van der Waals surface area contributed by atoms with Gasteiger partial charge in [-0.15, -0.1) is 0 Å². The highest BCUT2D eigenvalue weighted by molar-refractivity contribution is 5.78. The molecule has 2 aromatic rings. The molecule has 2 aromatic carbocycles. The molecule has 0 atom stereocenters. The predicted molar refractivity (Wildman–Crippen MR) is 104 cm³/mol. The summed E-state index contributed by atoms with van der Waals surface area (Å²) in [6, 6.07) is 16.4. The summed E-state index contributed by atoms with van der Waals surface area (Å²) in [5, 5.41) is 3.08. The summed E-state index contributed by atoms with van der Waals surface area (Å²) in [5.41, 5.74) is 3.82. The van der Waals surface area contributed by atoms with E-state index in [0.29, 0.717) is 6.54 Å². The van der Waals surface area contributed by atoms with Crippen molar-refractivity contribution in [2.45, 2.75) is 32.9 Å². The number of nitrogens with one attached hydrogen (secondary N) is 1. The number of hydrogen-bond donors (Lipinski definition) is 1. The van der Waals surface area contributed by atoms with Crippen LogP contribution in [0.5, 0.6) is 5.75 Å². The smallest absolute Gasteiger partial charge is 0.223 e. The van der Waals surface area contributed by atoms with Gasteiger partial charge in [0.1, 0.15) is 5.75 Å². The Hall–Kier alpha value is -2.33. The van der Waals surface area contributed by atoms with E-state index in [1.165, 1.54) is 11.1 Å². The van der Waals surface area contributed by atoms with Gasteiger partial charge in [0.2, 0.25) is 5.91 Å². The summed E-state index contributed by atoms with van der Waals surface area (Å²) >= 11 is 0. The number of likely N-dealkylation sites (tertiary alicyclic amines) is 1. The van der Waals surface area contributed by atoms with E-state index >= 15 is 0 Å². The minimum absolute atomic E-state index is 0.126. The normalized spacial score (nSPS) is 15.6. The number of hydrogen-bond acceptors (Lipinski definition) is 3. The van der Waals surface area contributed by atoms with Crippen LogP contribution < -0.4 is 10.1 Å². The third kappa shape index (κ3) is 4.85. The van der Waals surface area contributed by atoms with Crippen molar-refractivity contribution in [3.63, 3.8) is 0 Å². The molecule has 0 bridgehead atoms. The molecule has 0 saturated carbocycles. The zero-order chi connectivity index (χ0) is 18.4. The molecule has 1 aliphatic rings. The minimum atomic E-state index is 0.126. The number of amides is 1. The molecular weight excluding hydrogens is 324 g/mol. The zero-order valence-electron chi connectivity index (χ0n) is 15.7. The highest BCUT2D eigenvalue weighted by atomic mass is 16.5. The van der Waals surface area contributed by atoms with E-state index in [1.54, 1.807) is 7.11 Å². The Bertz CT molecular complexity index is 719. The van der Waals surface area contributed by atoms with Crippen LogP contribution in [-0.4, -0.2) is 31.0 Å². The molecule has 4 heteroatoms. The van der Waals surface area contributed by atoms with Gasteiger partial charge in [-0.2, -0.15) is 0 Å². The van der Waals surface area contributed by atoms with E-state index in [0.717, 1.165) is 43.8 Å². The number of carbonyl (C=O) groups excluding carboxylic acids is 1. The Labute approximate surface area is 156 Å². The summed E-state index contributed by atoms with van der Waals surface area (Å²) in [6.45, 7) is 5.68. The molecule has 0 aliphatic carbocycles. The Balaban J connectivity index is 1.43. The van der Waals surface area contributed by atoms with Crippen molar-refractivity contribution in [1.82, 2.24) is 10.2 Å². The van der Waals surface area contributed by atoms with E-state index in [1.807, 2.05) is 24.3 Å². The van der Waals surface area contributed by atoms with Crippen molar-refractivity contribution in [2.24, 2.45) is 5.92 Å². The van der Waals surface area contributed by atoms with Crippen LogP contribution in [-0.2, 0) is 17.9 Å². The number of rotatable bonds is 6. The van der Waals surface area contributed by atoms with Crippen LogP contribution in [0.4, 0.5) is 0 Å². The summed E-state index contributed by atoms with van der Waals surface area (Å²) in [4.78, 5) is 14.9. The molecule has 1 fully saturated rings. The van der Waals surface area contributed by atoms with Crippen LogP contribution >= 0.6 is 0 Å². The van der Waals surface area contributed by atoms with E-state index in [4.69, 9.17) is 4.74 Å². The molecule has 0 spiro atoms. The highest BCUT2D eigenvalue weighted by Crippen LogP contribution is 2.20. The summed E-state index contributed by atoms with van der Waals surface area (Å²) in [6.07, 6.45) is 1.86. The summed E-state index contributed by atoms with van der Waals surface area (Å²) < 4.78 is 5.16. The minimum Gasteiger partial charge on any atom is -0.497 e. The topological polar surface area (TPSA) is 41.6 Å². The van der Waals surface area contributed by atoms with Gasteiger partial charge < -0.3 is 10.1 Å². The number of methoxy groups -OCH3 is 1. The van der Waals surface area contributed by atoms with E-state index < -0.39 is 0 Å². The molecule has 0 aromatic heterocycles. The van der Waals surface area contributed by atoms with Gasteiger partial charge in [0.05, 0.1) is 7.11 Å². The van der Waals surface area contributed by atoms with Crippen molar-refractivity contribution in [2.75, 3.05) is 20.2 Å². The average Bonchev–Trinajstić information content (AvgIpc) is 2.69. The number of nitrogens with zero attached hydrogens (tertiary/aromatic N) is 1. The maximum atomic E-state index is 12.5. The van der Waals surface area contributed by atoms with Crippen molar-refractivity contribution in [3.8, 4) is 5.75 Å². The zero-order valence-corrected chi connectivity index (χ0v) is 15.7. The Morgan fingerprint density at radius 2 is 1.81 bits per heavy atom. The Kier molecular flexibility index (Phi) is 6.29. The van der Waals surface area contributed by atoms with E-state index in [-0.39, 0.29) is 11.8 Å². The van der Waals surface area contributed by atoms with Crippen molar-refractivity contribution in [1.29, 1.82) is 0 Å². The molecule has 3 rings (SSSR count). The second kappa shape index (κ2) is 8.86. The van der Waals surface area contributed by atoms with Gasteiger partial charge in [-0.25, -0.2) is 0 Å². The Morgan fingerprint density at radius 3 is 2.46 bits per heavy atom. The first-order chi connectivity index (χ1) is 12.7. The van der Waals surface area contributed by atoms with Crippen LogP contribution in [0.1, 0.15) is 29.5 Å². The fourth-order valence-corrected chi connectivity index (χ4v) is 3.46. The molecule has 1 amide bonds. The molecule has 1 saturated heterocycles. The number of ether oxygens (including phenoxy) is 1. The van der Waals surface area contributed by atoms with Crippen molar-refractivity contribution < 1.29 is 9.53 Å².